The van der Waals surface area contributed by atoms with Crippen LogP contribution in [0.5, 0.6) is 0 Å². The number of primary amides is 1. The van der Waals surface area contributed by atoms with Gasteiger partial charge in [0.25, 0.3) is 11.6 Å². The lowest BCUT2D eigenvalue weighted by molar-refractivity contribution is -0.384. The summed E-state index contributed by atoms with van der Waals surface area (Å²) in [5.74, 6) is -1.20. The van der Waals surface area contributed by atoms with Crippen LogP contribution in [0.3, 0.4) is 0 Å². The molecule has 0 atom stereocenters. The molecule has 0 spiro atoms. The molecule has 0 saturated carbocycles. The molecule has 0 aliphatic heterocycles. The normalized spacial score (nSPS) is 11.0. The monoisotopic (exact) mass is 333 g/mol. The number of hydrogen-bond donors (Lipinski definition) is 2. The molecule has 21 heavy (non-hydrogen) atoms. The molecule has 9 heteroatoms. The summed E-state index contributed by atoms with van der Waals surface area (Å²) in [5, 5.41) is 12.9. The molecule has 0 aliphatic carbocycles. The highest BCUT2D eigenvalue weighted by Crippen LogP contribution is 2.33. The van der Waals surface area contributed by atoms with E-state index in [2.05, 4.69) is 5.32 Å². The molecule has 1 aromatic rings. The summed E-state index contributed by atoms with van der Waals surface area (Å²) in [7, 11) is 0. The Bertz CT molecular complexity index is 617. The Labute approximate surface area is 130 Å². The van der Waals surface area contributed by atoms with E-state index in [0.717, 1.165) is 6.07 Å². The van der Waals surface area contributed by atoms with Crippen LogP contribution in [0.1, 0.15) is 24.2 Å². The van der Waals surface area contributed by atoms with Gasteiger partial charge in [-0.15, -0.1) is 0 Å². The molecule has 1 aromatic carbocycles. The maximum absolute atomic E-state index is 12.0. The number of nitro groups is 1. The third kappa shape index (κ3) is 4.05. The van der Waals surface area contributed by atoms with Crippen molar-refractivity contribution in [3.8, 4) is 0 Å². The van der Waals surface area contributed by atoms with Gasteiger partial charge in [0.05, 0.1) is 15.4 Å². The predicted molar refractivity (Wildman–Crippen MR) is 78.4 cm³/mol. The van der Waals surface area contributed by atoms with Gasteiger partial charge < -0.3 is 11.1 Å². The van der Waals surface area contributed by atoms with Gasteiger partial charge in [0.1, 0.15) is 5.02 Å². The largest absolute Gasteiger partial charge is 0.369 e. The second kappa shape index (κ2) is 6.28. The van der Waals surface area contributed by atoms with E-state index in [1.807, 2.05) is 0 Å². The Hall–Kier alpha value is -1.86. The fourth-order valence-corrected chi connectivity index (χ4v) is 1.72. The number of carbonyl (C=O) groups excluding carboxylic acids is 2. The molecule has 0 saturated heterocycles. The first kappa shape index (κ1) is 17.2. The lowest BCUT2D eigenvalue weighted by atomic mass is 9.92. The van der Waals surface area contributed by atoms with Crippen molar-refractivity contribution in [3.63, 3.8) is 0 Å². The van der Waals surface area contributed by atoms with Crippen molar-refractivity contribution in [2.75, 3.05) is 6.54 Å². The number of benzene rings is 1. The zero-order chi connectivity index (χ0) is 16.4. The second-order valence-electron chi connectivity index (χ2n) is 4.98. The molecule has 0 bridgehead atoms. The average molecular weight is 334 g/mol. The van der Waals surface area contributed by atoms with Gasteiger partial charge in [0.2, 0.25) is 5.91 Å². The van der Waals surface area contributed by atoms with Gasteiger partial charge in [0.15, 0.2) is 0 Å². The van der Waals surface area contributed by atoms with Crippen LogP contribution in [0.25, 0.3) is 0 Å². The minimum Gasteiger partial charge on any atom is -0.369 e. The third-order valence-corrected chi connectivity index (χ3v) is 3.62. The van der Waals surface area contributed by atoms with Crippen LogP contribution in [0, 0.1) is 15.5 Å². The number of nitro benzene ring substituents is 1. The first-order valence-electron chi connectivity index (χ1n) is 5.78. The molecule has 1 rings (SSSR count). The van der Waals surface area contributed by atoms with Gasteiger partial charge in [0, 0.05) is 18.2 Å². The van der Waals surface area contributed by atoms with Crippen molar-refractivity contribution >= 4 is 40.7 Å². The van der Waals surface area contributed by atoms with Crippen LogP contribution in [-0.2, 0) is 4.79 Å². The molecule has 0 unspecified atom stereocenters. The fraction of sp³-hybridized carbons (Fsp3) is 0.333. The highest BCUT2D eigenvalue weighted by Gasteiger charge is 2.26. The van der Waals surface area contributed by atoms with Gasteiger partial charge in [-0.05, 0) is 19.9 Å². The number of hydrogen-bond acceptors (Lipinski definition) is 4. The Kier molecular flexibility index (Phi) is 5.14. The van der Waals surface area contributed by atoms with Crippen LogP contribution in [0.2, 0.25) is 10.0 Å². The molecular formula is C12H13Cl2N3O4. The molecule has 0 fully saturated rings. The molecule has 3 N–H and O–H groups in total. The second-order valence-corrected chi connectivity index (χ2v) is 5.76. The zero-order valence-electron chi connectivity index (χ0n) is 11.3. The highest BCUT2D eigenvalue weighted by atomic mass is 35.5. The Balaban J connectivity index is 2.99. The van der Waals surface area contributed by atoms with Crippen LogP contribution in [0.4, 0.5) is 5.69 Å². The average Bonchev–Trinajstić information content (AvgIpc) is 2.38. The molecule has 0 heterocycles. The quantitative estimate of drug-likeness (QED) is 0.634. The summed E-state index contributed by atoms with van der Waals surface area (Å²) in [6, 6.07) is 2.23. The number of amides is 2. The molecule has 7 nitrogen and oxygen atoms in total. The van der Waals surface area contributed by atoms with E-state index in [0.29, 0.717) is 0 Å². The Morgan fingerprint density at radius 2 is 1.95 bits per heavy atom. The number of carbonyl (C=O) groups is 2. The number of halogens is 2. The number of nitrogens with two attached hydrogens (primary N) is 1. The first-order chi connectivity index (χ1) is 9.56. The standard InChI is InChI=1S/C12H13Cl2N3O4/c1-12(2,11(15)19)5-16-10(18)6-3-7(13)9(14)8(4-6)17(20)21/h3-4H,5H2,1-2H3,(H2,15,19)(H,16,18). The molecule has 114 valence electrons. The minimum absolute atomic E-state index is 0.0186. The Morgan fingerprint density at radius 3 is 2.43 bits per heavy atom. The van der Waals surface area contributed by atoms with E-state index in [-0.39, 0.29) is 22.2 Å². The predicted octanol–water partition coefficient (Wildman–Crippen LogP) is 2.14. The van der Waals surface area contributed by atoms with Gasteiger partial charge in [-0.3, -0.25) is 19.7 Å². The van der Waals surface area contributed by atoms with Crippen LogP contribution >= 0.6 is 23.2 Å². The smallest absolute Gasteiger partial charge is 0.290 e. The zero-order valence-corrected chi connectivity index (χ0v) is 12.8. The maximum atomic E-state index is 12.0. The molecule has 0 aliphatic rings. The topological polar surface area (TPSA) is 115 Å². The minimum atomic E-state index is -0.947. The first-order valence-corrected chi connectivity index (χ1v) is 6.53. The van der Waals surface area contributed by atoms with E-state index >= 15 is 0 Å². The summed E-state index contributed by atoms with van der Waals surface area (Å²) >= 11 is 11.4. The van der Waals surface area contributed by atoms with Crippen molar-refractivity contribution < 1.29 is 14.5 Å². The number of nitrogens with zero attached hydrogens (tertiary/aromatic N) is 1. The van der Waals surface area contributed by atoms with Gasteiger partial charge in [-0.2, -0.15) is 0 Å². The van der Waals surface area contributed by atoms with Crippen LogP contribution in [0.15, 0.2) is 12.1 Å². The third-order valence-electron chi connectivity index (χ3n) is 2.83. The molecular weight excluding hydrogens is 321 g/mol. The Morgan fingerprint density at radius 1 is 1.38 bits per heavy atom. The van der Waals surface area contributed by atoms with E-state index in [9.17, 15) is 19.7 Å². The number of nitrogens with one attached hydrogen (secondary N) is 1. The van der Waals surface area contributed by atoms with Gasteiger partial charge in [-0.1, -0.05) is 23.2 Å². The van der Waals surface area contributed by atoms with Gasteiger partial charge in [-0.25, -0.2) is 0 Å². The van der Waals surface area contributed by atoms with Gasteiger partial charge >= 0.3 is 0 Å². The van der Waals surface area contributed by atoms with Crippen molar-refractivity contribution in [2.45, 2.75) is 13.8 Å². The van der Waals surface area contributed by atoms with Crippen LogP contribution < -0.4 is 11.1 Å². The van der Waals surface area contributed by atoms with Crippen LogP contribution in [-0.4, -0.2) is 23.3 Å². The fourth-order valence-electron chi connectivity index (χ4n) is 1.33. The maximum Gasteiger partial charge on any atom is 0.290 e. The van der Waals surface area contributed by atoms with E-state index in [1.54, 1.807) is 13.8 Å². The van der Waals surface area contributed by atoms with Crippen molar-refractivity contribution in [1.82, 2.24) is 5.32 Å². The summed E-state index contributed by atoms with van der Waals surface area (Å²) < 4.78 is 0. The lowest BCUT2D eigenvalue weighted by Crippen LogP contribution is -2.42. The molecule has 2 amide bonds. The molecule has 0 radical (unpaired) electrons. The summed E-state index contributed by atoms with van der Waals surface area (Å²) in [4.78, 5) is 33.2. The van der Waals surface area contributed by atoms with Crippen molar-refractivity contribution in [3.05, 3.63) is 37.9 Å². The van der Waals surface area contributed by atoms with E-state index in [1.165, 1.54) is 6.07 Å². The summed E-state index contributed by atoms with van der Waals surface area (Å²) in [6.07, 6.45) is 0. The van der Waals surface area contributed by atoms with E-state index < -0.39 is 27.8 Å². The SMILES string of the molecule is CC(C)(CNC(=O)c1cc(Cl)c(Cl)c([N+](=O)[O-])c1)C(N)=O. The summed E-state index contributed by atoms with van der Waals surface area (Å²) in [5.41, 5.74) is 3.74. The highest BCUT2D eigenvalue weighted by molar-refractivity contribution is 6.43. The van der Waals surface area contributed by atoms with E-state index in [4.69, 9.17) is 28.9 Å². The lowest BCUT2D eigenvalue weighted by Gasteiger charge is -2.20. The van der Waals surface area contributed by atoms with Crippen molar-refractivity contribution in [2.24, 2.45) is 11.1 Å². The number of rotatable bonds is 5. The summed E-state index contributed by atoms with van der Waals surface area (Å²) in [6.45, 7) is 3.11. The van der Waals surface area contributed by atoms with Crippen molar-refractivity contribution in [1.29, 1.82) is 0 Å². The molecule has 0 aromatic heterocycles.